The summed E-state index contributed by atoms with van der Waals surface area (Å²) in [5.74, 6) is -0.171. The molecule has 0 aliphatic carbocycles. The lowest BCUT2D eigenvalue weighted by Crippen LogP contribution is -2.39. The molecule has 5 heteroatoms. The number of carbonyl (C=O) groups is 1. The van der Waals surface area contributed by atoms with Crippen LogP contribution in [0.4, 0.5) is 0 Å². The highest BCUT2D eigenvalue weighted by molar-refractivity contribution is 5.75. The van der Waals surface area contributed by atoms with Crippen LogP contribution in [0, 0.1) is 0 Å². The van der Waals surface area contributed by atoms with Gasteiger partial charge in [-0.25, -0.2) is 0 Å². The number of ether oxygens (including phenoxy) is 1. The molecule has 0 aromatic carbocycles. The first kappa shape index (κ1) is 16.7. The number of likely N-dealkylation sites (N-methyl/N-ethyl adjacent to an activating group) is 1. The molecule has 0 radical (unpaired) electrons. The molecule has 114 valence electrons. The Morgan fingerprint density at radius 3 is 2.65 bits per heavy atom. The minimum absolute atomic E-state index is 0.171. The third kappa shape index (κ3) is 4.63. The summed E-state index contributed by atoms with van der Waals surface area (Å²) in [6.45, 7) is 9.96. The van der Waals surface area contributed by atoms with E-state index in [2.05, 4.69) is 30.3 Å². The van der Waals surface area contributed by atoms with Crippen molar-refractivity contribution >= 4 is 5.97 Å². The molecule has 0 bridgehead atoms. The first-order chi connectivity index (χ1) is 9.65. The minimum atomic E-state index is -0.251. The van der Waals surface area contributed by atoms with Gasteiger partial charge in [0.25, 0.3) is 0 Å². The predicted molar refractivity (Wildman–Crippen MR) is 79.7 cm³/mol. The van der Waals surface area contributed by atoms with E-state index in [4.69, 9.17) is 4.74 Å². The SMILES string of the molecule is CCNC(CCn1nc(CC)cc1CC)C(=O)OCC. The number of carbonyl (C=O) groups excluding carboxylic acids is 1. The number of rotatable bonds is 9. The summed E-state index contributed by atoms with van der Waals surface area (Å²) in [6.07, 6.45) is 2.59. The topological polar surface area (TPSA) is 56.2 Å². The van der Waals surface area contributed by atoms with Gasteiger partial charge in [-0.1, -0.05) is 20.8 Å². The van der Waals surface area contributed by atoms with E-state index >= 15 is 0 Å². The molecule has 1 atom stereocenters. The zero-order valence-corrected chi connectivity index (χ0v) is 13.1. The van der Waals surface area contributed by atoms with E-state index in [-0.39, 0.29) is 12.0 Å². The van der Waals surface area contributed by atoms with Crippen LogP contribution >= 0.6 is 0 Å². The fourth-order valence-electron chi connectivity index (χ4n) is 2.21. The van der Waals surface area contributed by atoms with Crippen LogP contribution in [0.15, 0.2) is 6.07 Å². The van der Waals surface area contributed by atoms with E-state index < -0.39 is 0 Å². The molecular formula is C15H27N3O2. The number of aromatic nitrogens is 2. The molecule has 5 nitrogen and oxygen atoms in total. The van der Waals surface area contributed by atoms with Gasteiger partial charge >= 0.3 is 5.97 Å². The number of esters is 1. The van der Waals surface area contributed by atoms with E-state index in [1.165, 1.54) is 5.69 Å². The van der Waals surface area contributed by atoms with Gasteiger partial charge in [-0.15, -0.1) is 0 Å². The maximum Gasteiger partial charge on any atom is 0.323 e. The van der Waals surface area contributed by atoms with Crippen molar-refractivity contribution in [1.82, 2.24) is 15.1 Å². The van der Waals surface area contributed by atoms with Crippen LogP contribution in [-0.4, -0.2) is 34.9 Å². The van der Waals surface area contributed by atoms with E-state index in [0.717, 1.165) is 31.6 Å². The number of nitrogens with one attached hydrogen (secondary N) is 1. The third-order valence-electron chi connectivity index (χ3n) is 3.29. The molecule has 1 unspecified atom stereocenters. The molecular weight excluding hydrogens is 254 g/mol. The van der Waals surface area contributed by atoms with Gasteiger partial charge in [0.05, 0.1) is 12.3 Å². The Morgan fingerprint density at radius 1 is 1.35 bits per heavy atom. The summed E-state index contributed by atoms with van der Waals surface area (Å²) in [6, 6.07) is 1.89. The molecule has 1 N–H and O–H groups in total. The van der Waals surface area contributed by atoms with Gasteiger partial charge in [-0.3, -0.25) is 9.48 Å². The Bertz CT molecular complexity index is 415. The summed E-state index contributed by atoms with van der Waals surface area (Å²) in [5, 5.41) is 7.75. The quantitative estimate of drug-likeness (QED) is 0.703. The van der Waals surface area contributed by atoms with Gasteiger partial charge in [0, 0.05) is 12.2 Å². The largest absolute Gasteiger partial charge is 0.465 e. The first-order valence-electron chi connectivity index (χ1n) is 7.61. The molecule has 0 spiro atoms. The zero-order chi connectivity index (χ0) is 15.0. The average molecular weight is 281 g/mol. The lowest BCUT2D eigenvalue weighted by molar-refractivity contribution is -0.145. The monoisotopic (exact) mass is 281 g/mol. The van der Waals surface area contributed by atoms with Gasteiger partial charge in [-0.05, 0) is 38.8 Å². The molecule has 0 fully saturated rings. The highest BCUT2D eigenvalue weighted by Gasteiger charge is 2.19. The summed E-state index contributed by atoms with van der Waals surface area (Å²) < 4.78 is 7.11. The molecule has 0 amide bonds. The summed E-state index contributed by atoms with van der Waals surface area (Å²) >= 11 is 0. The molecule has 0 aliphatic heterocycles. The molecule has 1 aromatic rings. The van der Waals surface area contributed by atoms with Crippen LogP contribution in [0.1, 0.15) is 45.5 Å². The van der Waals surface area contributed by atoms with Crippen LogP contribution in [0.5, 0.6) is 0 Å². The Labute approximate surface area is 121 Å². The van der Waals surface area contributed by atoms with Gasteiger partial charge in [0.15, 0.2) is 0 Å². The van der Waals surface area contributed by atoms with Crippen molar-refractivity contribution in [3.63, 3.8) is 0 Å². The van der Waals surface area contributed by atoms with Crippen molar-refractivity contribution in [2.45, 2.75) is 59.5 Å². The fraction of sp³-hybridized carbons (Fsp3) is 0.733. The van der Waals surface area contributed by atoms with Crippen LogP contribution in [0.2, 0.25) is 0 Å². The average Bonchev–Trinajstić information content (AvgIpc) is 2.86. The lowest BCUT2D eigenvalue weighted by atomic mass is 10.2. The van der Waals surface area contributed by atoms with Crippen molar-refractivity contribution in [3.05, 3.63) is 17.5 Å². The minimum Gasteiger partial charge on any atom is -0.465 e. The van der Waals surface area contributed by atoms with Gasteiger partial charge in [0.2, 0.25) is 0 Å². The third-order valence-corrected chi connectivity index (χ3v) is 3.29. The van der Waals surface area contributed by atoms with Crippen LogP contribution in [-0.2, 0) is 28.9 Å². The Balaban J connectivity index is 2.66. The smallest absolute Gasteiger partial charge is 0.323 e. The fourth-order valence-corrected chi connectivity index (χ4v) is 2.21. The zero-order valence-electron chi connectivity index (χ0n) is 13.1. The maximum atomic E-state index is 11.9. The molecule has 0 saturated carbocycles. The van der Waals surface area contributed by atoms with E-state index in [0.29, 0.717) is 13.0 Å². The number of hydrogen-bond donors (Lipinski definition) is 1. The van der Waals surface area contributed by atoms with Gasteiger partial charge in [0.1, 0.15) is 6.04 Å². The summed E-state index contributed by atoms with van der Waals surface area (Å²) in [5.41, 5.74) is 2.33. The lowest BCUT2D eigenvalue weighted by Gasteiger charge is -2.16. The second-order valence-corrected chi connectivity index (χ2v) is 4.71. The summed E-state index contributed by atoms with van der Waals surface area (Å²) in [4.78, 5) is 11.9. The standard InChI is InChI=1S/C15H27N3O2/c1-5-12-11-13(6-2)18(17-12)10-9-14(16-7-3)15(19)20-8-4/h11,14,16H,5-10H2,1-4H3. The highest BCUT2D eigenvalue weighted by Crippen LogP contribution is 2.08. The Hall–Kier alpha value is -1.36. The van der Waals surface area contributed by atoms with Crippen molar-refractivity contribution in [1.29, 1.82) is 0 Å². The van der Waals surface area contributed by atoms with Gasteiger partial charge < -0.3 is 10.1 Å². The van der Waals surface area contributed by atoms with Crippen molar-refractivity contribution in [3.8, 4) is 0 Å². The maximum absolute atomic E-state index is 11.9. The number of nitrogens with zero attached hydrogens (tertiary/aromatic N) is 2. The first-order valence-corrected chi connectivity index (χ1v) is 7.61. The van der Waals surface area contributed by atoms with Crippen LogP contribution in [0.3, 0.4) is 0 Å². The molecule has 1 heterocycles. The second-order valence-electron chi connectivity index (χ2n) is 4.71. The van der Waals surface area contributed by atoms with Crippen molar-refractivity contribution in [2.75, 3.05) is 13.2 Å². The number of hydrogen-bond acceptors (Lipinski definition) is 4. The molecule has 20 heavy (non-hydrogen) atoms. The van der Waals surface area contributed by atoms with Gasteiger partial charge in [-0.2, -0.15) is 5.10 Å². The normalized spacial score (nSPS) is 12.4. The van der Waals surface area contributed by atoms with Crippen molar-refractivity contribution in [2.24, 2.45) is 0 Å². The Morgan fingerprint density at radius 2 is 2.10 bits per heavy atom. The molecule has 0 aliphatic rings. The predicted octanol–water partition coefficient (Wildman–Crippen LogP) is 1.94. The van der Waals surface area contributed by atoms with Crippen molar-refractivity contribution < 1.29 is 9.53 Å². The second kappa shape index (κ2) is 8.74. The van der Waals surface area contributed by atoms with Crippen LogP contribution in [0.25, 0.3) is 0 Å². The van der Waals surface area contributed by atoms with Crippen LogP contribution < -0.4 is 5.32 Å². The van der Waals surface area contributed by atoms with E-state index in [9.17, 15) is 4.79 Å². The molecule has 1 rings (SSSR count). The highest BCUT2D eigenvalue weighted by atomic mass is 16.5. The van der Waals surface area contributed by atoms with E-state index in [1.807, 2.05) is 18.5 Å². The molecule has 0 saturated heterocycles. The van der Waals surface area contributed by atoms with E-state index in [1.54, 1.807) is 0 Å². The summed E-state index contributed by atoms with van der Waals surface area (Å²) in [7, 11) is 0. The Kier molecular flexibility index (Phi) is 7.30. The molecule has 1 aromatic heterocycles. The number of aryl methyl sites for hydroxylation is 3.